The van der Waals surface area contributed by atoms with Crippen molar-refractivity contribution in [1.29, 1.82) is 0 Å². The Morgan fingerprint density at radius 1 is 1.10 bits per heavy atom. The Hall–Kier alpha value is -2.25. The predicted octanol–water partition coefficient (Wildman–Crippen LogP) is 2.13. The fraction of sp³-hybridized carbons (Fsp3) is 0. The standard InChI is InChI=1S/C11H6Cl2N4O3/c12-5-1-2-6(13)16-7(5)10(18)17-9-8(11(19)20)14-3-4-15-9/h1-4H,(H,19,20)(H,15,17,18). The maximum absolute atomic E-state index is 12.0. The van der Waals surface area contributed by atoms with Gasteiger partial charge in [-0.15, -0.1) is 0 Å². The van der Waals surface area contributed by atoms with Gasteiger partial charge in [0.15, 0.2) is 11.5 Å². The first-order valence-electron chi connectivity index (χ1n) is 5.16. The highest BCUT2D eigenvalue weighted by molar-refractivity contribution is 6.35. The Kier molecular flexibility index (Phi) is 4.11. The maximum Gasteiger partial charge on any atom is 0.358 e. The van der Waals surface area contributed by atoms with Gasteiger partial charge in [0.2, 0.25) is 0 Å². The third-order valence-corrected chi connectivity index (χ3v) is 2.68. The SMILES string of the molecule is O=C(Nc1nccnc1C(=O)O)c1nc(Cl)ccc1Cl. The van der Waals surface area contributed by atoms with Crippen LogP contribution in [0.4, 0.5) is 5.82 Å². The lowest BCUT2D eigenvalue weighted by molar-refractivity contribution is 0.0691. The lowest BCUT2D eigenvalue weighted by atomic mass is 10.3. The van der Waals surface area contributed by atoms with Crippen LogP contribution in [0, 0.1) is 0 Å². The Bertz CT molecular complexity index is 693. The van der Waals surface area contributed by atoms with E-state index in [1.807, 2.05) is 0 Å². The third kappa shape index (κ3) is 3.01. The van der Waals surface area contributed by atoms with Crippen LogP contribution in [0.1, 0.15) is 21.0 Å². The summed E-state index contributed by atoms with van der Waals surface area (Å²) in [6.45, 7) is 0. The van der Waals surface area contributed by atoms with Gasteiger partial charge in [0.05, 0.1) is 5.02 Å². The van der Waals surface area contributed by atoms with E-state index < -0.39 is 11.9 Å². The summed E-state index contributed by atoms with van der Waals surface area (Å²) < 4.78 is 0. The first kappa shape index (κ1) is 14.2. The van der Waals surface area contributed by atoms with E-state index in [0.717, 1.165) is 0 Å². The Morgan fingerprint density at radius 3 is 2.50 bits per heavy atom. The number of halogens is 2. The van der Waals surface area contributed by atoms with Gasteiger partial charge in [0.1, 0.15) is 10.8 Å². The van der Waals surface area contributed by atoms with Gasteiger partial charge >= 0.3 is 5.97 Å². The molecular formula is C11H6Cl2N4O3. The fourth-order valence-corrected chi connectivity index (χ4v) is 1.67. The number of rotatable bonds is 3. The first-order chi connectivity index (χ1) is 9.49. The molecule has 0 aliphatic carbocycles. The van der Waals surface area contributed by atoms with Crippen molar-refractivity contribution in [1.82, 2.24) is 15.0 Å². The van der Waals surface area contributed by atoms with Crippen LogP contribution in [0.25, 0.3) is 0 Å². The molecule has 0 aliphatic heterocycles. The topological polar surface area (TPSA) is 105 Å². The van der Waals surface area contributed by atoms with Crippen molar-refractivity contribution in [2.45, 2.75) is 0 Å². The number of anilines is 1. The molecular weight excluding hydrogens is 307 g/mol. The summed E-state index contributed by atoms with van der Waals surface area (Å²) >= 11 is 11.5. The Balaban J connectivity index is 2.33. The van der Waals surface area contributed by atoms with Crippen LogP contribution in [-0.2, 0) is 0 Å². The van der Waals surface area contributed by atoms with Gasteiger partial charge in [-0.05, 0) is 12.1 Å². The van der Waals surface area contributed by atoms with Crippen LogP contribution < -0.4 is 5.32 Å². The monoisotopic (exact) mass is 312 g/mol. The normalized spacial score (nSPS) is 10.1. The summed E-state index contributed by atoms with van der Waals surface area (Å²) in [4.78, 5) is 34.0. The van der Waals surface area contributed by atoms with Crippen molar-refractivity contribution in [3.8, 4) is 0 Å². The first-order valence-corrected chi connectivity index (χ1v) is 5.92. The second-order valence-electron chi connectivity index (χ2n) is 3.48. The maximum atomic E-state index is 12.0. The minimum Gasteiger partial charge on any atom is -0.476 e. The van der Waals surface area contributed by atoms with Gasteiger partial charge in [-0.3, -0.25) is 4.79 Å². The molecule has 0 saturated heterocycles. The summed E-state index contributed by atoms with van der Waals surface area (Å²) in [7, 11) is 0. The Morgan fingerprint density at radius 2 is 1.80 bits per heavy atom. The van der Waals surface area contributed by atoms with Crippen molar-refractivity contribution >= 4 is 40.9 Å². The molecule has 2 aromatic rings. The number of nitrogens with zero attached hydrogens (tertiary/aromatic N) is 3. The number of amides is 1. The summed E-state index contributed by atoms with van der Waals surface area (Å²) in [6, 6.07) is 2.83. The summed E-state index contributed by atoms with van der Waals surface area (Å²) in [5, 5.41) is 11.4. The zero-order valence-corrected chi connectivity index (χ0v) is 11.2. The highest BCUT2D eigenvalue weighted by atomic mass is 35.5. The number of nitrogens with one attached hydrogen (secondary N) is 1. The molecule has 9 heteroatoms. The van der Waals surface area contributed by atoms with Crippen molar-refractivity contribution in [2.75, 3.05) is 5.32 Å². The molecule has 1 amide bonds. The summed E-state index contributed by atoms with van der Waals surface area (Å²) in [5.41, 5.74) is -0.528. The molecule has 2 rings (SSSR count). The van der Waals surface area contributed by atoms with Gasteiger partial charge in [0.25, 0.3) is 5.91 Å². The van der Waals surface area contributed by atoms with Crippen LogP contribution in [-0.4, -0.2) is 31.9 Å². The number of aromatic nitrogens is 3. The highest BCUT2D eigenvalue weighted by Crippen LogP contribution is 2.18. The number of carboxylic acids is 1. The fourth-order valence-electron chi connectivity index (χ4n) is 1.33. The molecule has 20 heavy (non-hydrogen) atoms. The quantitative estimate of drug-likeness (QED) is 0.841. The molecule has 0 fully saturated rings. The van der Waals surface area contributed by atoms with Gasteiger partial charge in [-0.25, -0.2) is 19.7 Å². The number of aromatic carboxylic acids is 1. The molecule has 0 aliphatic rings. The molecule has 0 radical (unpaired) electrons. The van der Waals surface area contributed by atoms with E-state index in [-0.39, 0.29) is 27.4 Å². The number of carbonyl (C=O) groups is 2. The van der Waals surface area contributed by atoms with Gasteiger partial charge in [0, 0.05) is 12.4 Å². The number of hydrogen-bond donors (Lipinski definition) is 2. The van der Waals surface area contributed by atoms with Crippen LogP contribution >= 0.6 is 23.2 Å². The molecule has 7 nitrogen and oxygen atoms in total. The van der Waals surface area contributed by atoms with Crippen LogP contribution in [0.15, 0.2) is 24.5 Å². The predicted molar refractivity (Wildman–Crippen MR) is 71.2 cm³/mol. The van der Waals surface area contributed by atoms with Crippen LogP contribution in [0.2, 0.25) is 10.2 Å². The van der Waals surface area contributed by atoms with E-state index in [1.54, 1.807) is 0 Å². The number of pyridine rings is 1. The van der Waals surface area contributed by atoms with Crippen LogP contribution in [0.5, 0.6) is 0 Å². The molecule has 0 atom stereocenters. The molecule has 0 bridgehead atoms. The van der Waals surface area contributed by atoms with Crippen molar-refractivity contribution < 1.29 is 14.7 Å². The minimum absolute atomic E-state index is 0.0765. The number of carbonyl (C=O) groups excluding carboxylic acids is 1. The number of carboxylic acid groups (broad SMARTS) is 1. The van der Waals surface area contributed by atoms with Crippen molar-refractivity contribution in [2.24, 2.45) is 0 Å². The number of hydrogen-bond acceptors (Lipinski definition) is 5. The molecule has 0 aromatic carbocycles. The molecule has 2 heterocycles. The molecule has 2 N–H and O–H groups in total. The zero-order chi connectivity index (χ0) is 14.7. The second-order valence-corrected chi connectivity index (χ2v) is 4.27. The van der Waals surface area contributed by atoms with Gasteiger partial charge < -0.3 is 10.4 Å². The molecule has 102 valence electrons. The van der Waals surface area contributed by atoms with Gasteiger partial charge in [-0.1, -0.05) is 23.2 Å². The average Bonchev–Trinajstić information content (AvgIpc) is 2.41. The van der Waals surface area contributed by atoms with Crippen molar-refractivity contribution in [3.05, 3.63) is 46.1 Å². The lowest BCUT2D eigenvalue weighted by Crippen LogP contribution is -2.18. The van der Waals surface area contributed by atoms with E-state index in [9.17, 15) is 9.59 Å². The van der Waals surface area contributed by atoms with E-state index in [4.69, 9.17) is 28.3 Å². The minimum atomic E-state index is -1.32. The molecule has 0 unspecified atom stereocenters. The smallest absolute Gasteiger partial charge is 0.358 e. The Labute approximate surface area is 122 Å². The van der Waals surface area contributed by atoms with Gasteiger partial charge in [-0.2, -0.15) is 0 Å². The van der Waals surface area contributed by atoms with Crippen molar-refractivity contribution in [3.63, 3.8) is 0 Å². The lowest BCUT2D eigenvalue weighted by Gasteiger charge is -2.07. The molecule has 0 saturated carbocycles. The van der Waals surface area contributed by atoms with E-state index in [1.165, 1.54) is 24.5 Å². The molecule has 0 spiro atoms. The summed E-state index contributed by atoms with van der Waals surface area (Å²) in [6.07, 6.45) is 2.44. The van der Waals surface area contributed by atoms with E-state index in [0.29, 0.717) is 0 Å². The third-order valence-electron chi connectivity index (χ3n) is 2.16. The summed E-state index contributed by atoms with van der Waals surface area (Å²) in [5.74, 6) is -2.26. The van der Waals surface area contributed by atoms with E-state index >= 15 is 0 Å². The van der Waals surface area contributed by atoms with E-state index in [2.05, 4.69) is 20.3 Å². The molecule has 2 aromatic heterocycles. The largest absolute Gasteiger partial charge is 0.476 e. The average molecular weight is 313 g/mol. The highest BCUT2D eigenvalue weighted by Gasteiger charge is 2.18. The zero-order valence-electron chi connectivity index (χ0n) is 9.67. The van der Waals surface area contributed by atoms with Crippen LogP contribution in [0.3, 0.4) is 0 Å². The second kappa shape index (κ2) is 5.81.